The SMILES string of the molecule is CC(C)[C@H](NC(=O)c1cc(NC(=O)OC(C)(C)C)ccc1O)C(=O)O. The fraction of sp³-hybridized carbons (Fsp3) is 0.471. The zero-order chi connectivity index (χ0) is 19.4. The van der Waals surface area contributed by atoms with Gasteiger partial charge in [0.25, 0.3) is 5.91 Å². The zero-order valence-corrected chi connectivity index (χ0v) is 14.9. The van der Waals surface area contributed by atoms with Gasteiger partial charge in [0.15, 0.2) is 0 Å². The van der Waals surface area contributed by atoms with E-state index in [0.29, 0.717) is 0 Å². The molecule has 8 nitrogen and oxygen atoms in total. The van der Waals surface area contributed by atoms with Crippen LogP contribution in [0.5, 0.6) is 5.75 Å². The minimum atomic E-state index is -1.18. The molecule has 25 heavy (non-hydrogen) atoms. The van der Waals surface area contributed by atoms with E-state index in [-0.39, 0.29) is 22.9 Å². The minimum Gasteiger partial charge on any atom is -0.507 e. The van der Waals surface area contributed by atoms with Crippen molar-refractivity contribution in [2.45, 2.75) is 46.3 Å². The van der Waals surface area contributed by atoms with E-state index in [2.05, 4.69) is 10.6 Å². The molecule has 0 unspecified atom stereocenters. The number of carboxylic acid groups (broad SMARTS) is 1. The topological polar surface area (TPSA) is 125 Å². The van der Waals surface area contributed by atoms with Crippen molar-refractivity contribution in [1.82, 2.24) is 5.32 Å². The van der Waals surface area contributed by atoms with Crippen molar-refractivity contribution in [2.24, 2.45) is 5.92 Å². The Bertz CT molecular complexity index is 664. The largest absolute Gasteiger partial charge is 0.507 e. The molecular formula is C17H24N2O6. The van der Waals surface area contributed by atoms with Crippen LogP contribution in [0.15, 0.2) is 18.2 Å². The second-order valence-electron chi connectivity index (χ2n) is 6.89. The number of hydrogen-bond acceptors (Lipinski definition) is 5. The maximum Gasteiger partial charge on any atom is 0.412 e. The lowest BCUT2D eigenvalue weighted by Crippen LogP contribution is -2.44. The van der Waals surface area contributed by atoms with Gasteiger partial charge in [-0.15, -0.1) is 0 Å². The van der Waals surface area contributed by atoms with Crippen molar-refractivity contribution in [3.63, 3.8) is 0 Å². The summed E-state index contributed by atoms with van der Waals surface area (Å²) in [6.45, 7) is 8.43. The summed E-state index contributed by atoms with van der Waals surface area (Å²) in [6.07, 6.45) is -0.713. The molecule has 0 saturated heterocycles. The van der Waals surface area contributed by atoms with Gasteiger partial charge in [-0.05, 0) is 44.9 Å². The highest BCUT2D eigenvalue weighted by Gasteiger charge is 2.25. The number of phenols is 1. The fourth-order valence-corrected chi connectivity index (χ4v) is 1.95. The number of rotatable bonds is 5. The summed E-state index contributed by atoms with van der Waals surface area (Å²) >= 11 is 0. The number of amides is 2. The molecule has 0 fully saturated rings. The first-order valence-corrected chi connectivity index (χ1v) is 7.77. The molecule has 1 aromatic rings. The molecule has 0 spiro atoms. The summed E-state index contributed by atoms with van der Waals surface area (Å²) in [5.41, 5.74) is -0.609. The van der Waals surface area contributed by atoms with Crippen molar-refractivity contribution < 1.29 is 29.3 Å². The van der Waals surface area contributed by atoms with Gasteiger partial charge in [-0.2, -0.15) is 0 Å². The van der Waals surface area contributed by atoms with E-state index in [1.54, 1.807) is 34.6 Å². The Balaban J connectivity index is 2.95. The summed E-state index contributed by atoms with van der Waals surface area (Å²) < 4.78 is 5.11. The van der Waals surface area contributed by atoms with Gasteiger partial charge in [-0.25, -0.2) is 9.59 Å². The van der Waals surface area contributed by atoms with Gasteiger partial charge in [0.2, 0.25) is 0 Å². The number of aromatic hydroxyl groups is 1. The molecule has 0 aliphatic heterocycles. The number of phenolic OH excluding ortho intramolecular Hbond substituents is 1. The number of carbonyl (C=O) groups excluding carboxylic acids is 2. The van der Waals surface area contributed by atoms with Crippen LogP contribution >= 0.6 is 0 Å². The number of carbonyl (C=O) groups is 3. The third-order valence-corrected chi connectivity index (χ3v) is 3.11. The third kappa shape index (κ3) is 6.33. The molecule has 1 atom stereocenters. The fourth-order valence-electron chi connectivity index (χ4n) is 1.95. The Morgan fingerprint density at radius 1 is 1.16 bits per heavy atom. The molecular weight excluding hydrogens is 328 g/mol. The van der Waals surface area contributed by atoms with Crippen LogP contribution in [0.25, 0.3) is 0 Å². The predicted octanol–water partition coefficient (Wildman–Crippen LogP) is 2.58. The van der Waals surface area contributed by atoms with E-state index >= 15 is 0 Å². The summed E-state index contributed by atoms with van der Waals surface area (Å²) in [6, 6.07) is 2.77. The van der Waals surface area contributed by atoms with E-state index in [1.165, 1.54) is 18.2 Å². The molecule has 1 aromatic carbocycles. The molecule has 0 aliphatic rings. The second-order valence-corrected chi connectivity index (χ2v) is 6.89. The van der Waals surface area contributed by atoms with Crippen molar-refractivity contribution in [3.05, 3.63) is 23.8 Å². The number of aliphatic carboxylic acids is 1. The number of anilines is 1. The highest BCUT2D eigenvalue weighted by Crippen LogP contribution is 2.22. The maximum absolute atomic E-state index is 12.3. The molecule has 0 heterocycles. The van der Waals surface area contributed by atoms with Crippen LogP contribution in [0.4, 0.5) is 10.5 Å². The van der Waals surface area contributed by atoms with E-state index in [1.807, 2.05) is 0 Å². The molecule has 0 saturated carbocycles. The van der Waals surface area contributed by atoms with Gasteiger partial charge >= 0.3 is 12.1 Å². The summed E-state index contributed by atoms with van der Waals surface area (Å²) in [5.74, 6) is -2.61. The lowest BCUT2D eigenvalue weighted by atomic mass is 10.0. The molecule has 8 heteroatoms. The van der Waals surface area contributed by atoms with Crippen LogP contribution in [0, 0.1) is 5.92 Å². The molecule has 138 valence electrons. The quantitative estimate of drug-likeness (QED) is 0.604. The molecule has 1 rings (SSSR count). The van der Waals surface area contributed by atoms with Crippen LogP contribution in [-0.2, 0) is 9.53 Å². The Morgan fingerprint density at radius 3 is 2.24 bits per heavy atom. The van der Waals surface area contributed by atoms with E-state index in [4.69, 9.17) is 9.84 Å². The van der Waals surface area contributed by atoms with Gasteiger partial charge in [0.1, 0.15) is 17.4 Å². The zero-order valence-electron chi connectivity index (χ0n) is 14.9. The van der Waals surface area contributed by atoms with Crippen LogP contribution in [0.3, 0.4) is 0 Å². The van der Waals surface area contributed by atoms with Crippen molar-refractivity contribution in [2.75, 3.05) is 5.32 Å². The number of carboxylic acids is 1. The molecule has 0 aromatic heterocycles. The first-order valence-electron chi connectivity index (χ1n) is 7.77. The molecule has 0 radical (unpaired) electrons. The van der Waals surface area contributed by atoms with E-state index in [0.717, 1.165) is 0 Å². The standard InChI is InChI=1S/C17H24N2O6/c1-9(2)13(15(22)23)19-14(21)11-8-10(6-7-12(11)20)18-16(24)25-17(3,4)5/h6-9,13,20H,1-5H3,(H,18,24)(H,19,21)(H,22,23)/t13-/m0/s1. The van der Waals surface area contributed by atoms with E-state index in [9.17, 15) is 19.5 Å². The highest BCUT2D eigenvalue weighted by molar-refractivity contribution is 6.00. The summed E-state index contributed by atoms with van der Waals surface area (Å²) in [7, 11) is 0. The Hall–Kier alpha value is -2.77. The highest BCUT2D eigenvalue weighted by atomic mass is 16.6. The first kappa shape index (κ1) is 20.3. The Kier molecular flexibility index (Phi) is 6.38. The lowest BCUT2D eigenvalue weighted by Gasteiger charge is -2.20. The monoisotopic (exact) mass is 352 g/mol. The molecule has 0 bridgehead atoms. The van der Waals surface area contributed by atoms with Crippen molar-refractivity contribution in [1.29, 1.82) is 0 Å². The normalized spacial score (nSPS) is 12.4. The van der Waals surface area contributed by atoms with Crippen molar-refractivity contribution >= 4 is 23.7 Å². The minimum absolute atomic E-state index is 0.152. The number of ether oxygens (including phenoxy) is 1. The lowest BCUT2D eigenvalue weighted by molar-refractivity contribution is -0.140. The molecule has 4 N–H and O–H groups in total. The first-order chi connectivity index (χ1) is 11.4. The van der Waals surface area contributed by atoms with Crippen LogP contribution in [0.2, 0.25) is 0 Å². The maximum atomic E-state index is 12.3. The van der Waals surface area contributed by atoms with Crippen LogP contribution < -0.4 is 10.6 Å². The summed E-state index contributed by atoms with van der Waals surface area (Å²) in [4.78, 5) is 35.2. The van der Waals surface area contributed by atoms with Gasteiger partial charge in [0, 0.05) is 5.69 Å². The van der Waals surface area contributed by atoms with Crippen LogP contribution in [0.1, 0.15) is 45.0 Å². The third-order valence-electron chi connectivity index (χ3n) is 3.11. The average molecular weight is 352 g/mol. The Labute approximate surface area is 146 Å². The molecule has 2 amide bonds. The van der Waals surface area contributed by atoms with Gasteiger partial charge in [-0.3, -0.25) is 10.1 Å². The van der Waals surface area contributed by atoms with Gasteiger partial charge in [-0.1, -0.05) is 13.8 Å². The molecule has 0 aliphatic carbocycles. The number of benzene rings is 1. The van der Waals surface area contributed by atoms with Gasteiger partial charge in [0.05, 0.1) is 5.56 Å². The van der Waals surface area contributed by atoms with Crippen LogP contribution in [-0.4, -0.2) is 39.8 Å². The Morgan fingerprint density at radius 2 is 1.76 bits per heavy atom. The second kappa shape index (κ2) is 7.87. The number of nitrogens with one attached hydrogen (secondary N) is 2. The number of hydrogen-bond donors (Lipinski definition) is 4. The van der Waals surface area contributed by atoms with Gasteiger partial charge < -0.3 is 20.3 Å². The summed E-state index contributed by atoms with van der Waals surface area (Å²) in [5, 5.41) is 23.8. The van der Waals surface area contributed by atoms with E-state index < -0.39 is 29.6 Å². The smallest absolute Gasteiger partial charge is 0.412 e. The van der Waals surface area contributed by atoms with Crippen molar-refractivity contribution in [3.8, 4) is 5.75 Å². The predicted molar refractivity (Wildman–Crippen MR) is 91.7 cm³/mol. The average Bonchev–Trinajstić information content (AvgIpc) is 2.43.